The van der Waals surface area contributed by atoms with Gasteiger partial charge in [0.2, 0.25) is 5.91 Å². The molecule has 1 aliphatic heterocycles. The molecule has 4 rings (SSSR count). The van der Waals surface area contributed by atoms with Gasteiger partial charge in [-0.15, -0.1) is 0 Å². The third-order valence-electron chi connectivity index (χ3n) is 6.94. The summed E-state index contributed by atoms with van der Waals surface area (Å²) in [5.41, 5.74) is 1.20. The lowest BCUT2D eigenvalue weighted by molar-refractivity contribution is -0.385. The van der Waals surface area contributed by atoms with E-state index in [1.165, 1.54) is 31.3 Å². The van der Waals surface area contributed by atoms with Gasteiger partial charge >= 0.3 is 0 Å². The summed E-state index contributed by atoms with van der Waals surface area (Å²) in [4.78, 5) is 57.2. The summed E-state index contributed by atoms with van der Waals surface area (Å²) in [5.74, 6) is -1.98. The third-order valence-corrected chi connectivity index (χ3v) is 7.88. The van der Waals surface area contributed by atoms with Crippen LogP contribution in [0.1, 0.15) is 29.7 Å². The molecule has 1 heterocycles. The summed E-state index contributed by atoms with van der Waals surface area (Å²) in [6.07, 6.45) is 7.43. The number of amides is 3. The average molecular weight is 653 g/mol. The molecule has 3 aromatic carbocycles. The van der Waals surface area contributed by atoms with Gasteiger partial charge in [0.15, 0.2) is 16.7 Å². The monoisotopic (exact) mass is 652 g/mol. The molecule has 3 amide bonds. The van der Waals surface area contributed by atoms with Gasteiger partial charge in [-0.2, -0.15) is 4.99 Å². The lowest BCUT2D eigenvalue weighted by Crippen LogP contribution is -2.42. The molecular formula is C35H32N4O7S. The molecule has 0 saturated carbocycles. The minimum atomic E-state index is -0.923. The van der Waals surface area contributed by atoms with Gasteiger partial charge in [0.1, 0.15) is 5.57 Å². The molecule has 0 radical (unpaired) electrons. The van der Waals surface area contributed by atoms with Crippen molar-refractivity contribution in [2.45, 2.75) is 13.0 Å². The van der Waals surface area contributed by atoms with Crippen LogP contribution in [-0.4, -0.2) is 52.7 Å². The number of methoxy groups -OCH3 is 2. The second-order valence-corrected chi connectivity index (χ2v) is 10.8. The van der Waals surface area contributed by atoms with Gasteiger partial charge in [0.25, 0.3) is 17.5 Å². The highest BCUT2D eigenvalue weighted by molar-refractivity contribution is 8.14. The van der Waals surface area contributed by atoms with E-state index in [2.05, 4.69) is 16.9 Å². The first-order valence-corrected chi connectivity index (χ1v) is 15.3. The second-order valence-electron chi connectivity index (χ2n) is 9.84. The van der Waals surface area contributed by atoms with Crippen molar-refractivity contribution in [2.24, 2.45) is 4.99 Å². The SMILES string of the molecule is C=C/C=C\C(=C/C)N1C(=O)/C(=C/c2cc(OC)c(OC)cc2[N+](=O)[O-])C(=O)N=C1SCC(=O)NC(c1ccccc1)c1ccccc1. The van der Waals surface area contributed by atoms with E-state index in [9.17, 15) is 24.5 Å². The molecule has 0 aliphatic carbocycles. The maximum Gasteiger partial charge on any atom is 0.285 e. The van der Waals surface area contributed by atoms with E-state index in [0.717, 1.165) is 35.0 Å². The number of hydrogen-bond acceptors (Lipinski definition) is 8. The molecule has 47 heavy (non-hydrogen) atoms. The number of nitro benzene ring substituents is 1. The molecule has 0 saturated heterocycles. The summed E-state index contributed by atoms with van der Waals surface area (Å²) in [5, 5.41) is 14.9. The number of nitrogens with one attached hydrogen (secondary N) is 1. The molecule has 1 N–H and O–H groups in total. The Labute approximate surface area is 276 Å². The van der Waals surface area contributed by atoms with E-state index in [4.69, 9.17) is 9.47 Å². The van der Waals surface area contributed by atoms with Crippen LogP contribution in [0.3, 0.4) is 0 Å². The van der Waals surface area contributed by atoms with E-state index in [0.29, 0.717) is 5.70 Å². The van der Waals surface area contributed by atoms with Crippen LogP contribution < -0.4 is 14.8 Å². The van der Waals surface area contributed by atoms with Crippen molar-refractivity contribution < 1.29 is 28.8 Å². The van der Waals surface area contributed by atoms with E-state index in [-0.39, 0.29) is 33.9 Å². The molecule has 0 fully saturated rings. The topological polar surface area (TPSA) is 140 Å². The first kappa shape index (κ1) is 34.1. The Morgan fingerprint density at radius 3 is 2.17 bits per heavy atom. The van der Waals surface area contributed by atoms with Crippen molar-refractivity contribution in [3.63, 3.8) is 0 Å². The number of carbonyl (C=O) groups excluding carboxylic acids is 3. The fourth-order valence-corrected chi connectivity index (χ4v) is 5.51. The van der Waals surface area contributed by atoms with Gasteiger partial charge < -0.3 is 14.8 Å². The molecule has 11 nitrogen and oxygen atoms in total. The van der Waals surface area contributed by atoms with Crippen LogP contribution in [0.15, 0.2) is 120 Å². The smallest absolute Gasteiger partial charge is 0.285 e. The highest BCUT2D eigenvalue weighted by Gasteiger charge is 2.36. The number of thioether (sulfide) groups is 1. The van der Waals surface area contributed by atoms with Crippen LogP contribution in [0.25, 0.3) is 6.08 Å². The molecule has 3 aromatic rings. The zero-order chi connectivity index (χ0) is 33.9. The normalized spacial score (nSPS) is 14.4. The maximum absolute atomic E-state index is 14.0. The summed E-state index contributed by atoms with van der Waals surface area (Å²) in [7, 11) is 2.69. The minimum absolute atomic E-state index is 0.0353. The number of ether oxygens (including phenoxy) is 2. The fourth-order valence-electron chi connectivity index (χ4n) is 4.71. The minimum Gasteiger partial charge on any atom is -0.493 e. The highest BCUT2D eigenvalue weighted by Crippen LogP contribution is 2.36. The first-order valence-electron chi connectivity index (χ1n) is 14.3. The molecule has 12 heteroatoms. The lowest BCUT2D eigenvalue weighted by Gasteiger charge is -2.28. The number of rotatable bonds is 12. The molecule has 0 bridgehead atoms. The Kier molecular flexibility index (Phi) is 11.6. The van der Waals surface area contributed by atoms with Gasteiger partial charge in [-0.25, -0.2) is 0 Å². The third kappa shape index (κ3) is 8.10. The fraction of sp³-hybridized carbons (Fsp3) is 0.143. The van der Waals surface area contributed by atoms with Gasteiger partial charge in [0.05, 0.1) is 42.6 Å². The maximum atomic E-state index is 14.0. The van der Waals surface area contributed by atoms with E-state index in [1.807, 2.05) is 60.7 Å². The number of benzene rings is 3. The van der Waals surface area contributed by atoms with Gasteiger partial charge in [-0.3, -0.25) is 29.4 Å². The lowest BCUT2D eigenvalue weighted by atomic mass is 9.99. The van der Waals surface area contributed by atoms with Gasteiger partial charge in [0, 0.05) is 5.70 Å². The Balaban J connectivity index is 1.69. The number of aliphatic imine (C=N–C) groups is 1. The molecule has 0 unspecified atom stereocenters. The molecular weight excluding hydrogens is 620 g/mol. The van der Waals surface area contributed by atoms with E-state index in [1.54, 1.807) is 25.2 Å². The molecule has 240 valence electrons. The van der Waals surface area contributed by atoms with Crippen LogP contribution in [0.4, 0.5) is 5.69 Å². The first-order chi connectivity index (χ1) is 22.7. The Morgan fingerprint density at radius 2 is 1.64 bits per heavy atom. The summed E-state index contributed by atoms with van der Waals surface area (Å²) in [6.45, 7) is 5.36. The van der Waals surface area contributed by atoms with Crippen molar-refractivity contribution >= 4 is 46.4 Å². The largest absolute Gasteiger partial charge is 0.493 e. The van der Waals surface area contributed by atoms with Crippen molar-refractivity contribution in [1.82, 2.24) is 10.2 Å². The number of amidine groups is 1. The molecule has 1 aliphatic rings. The number of hydrogen-bond donors (Lipinski definition) is 1. The molecule has 0 aromatic heterocycles. The summed E-state index contributed by atoms with van der Waals surface area (Å²) >= 11 is 0.908. The number of nitro groups is 1. The van der Waals surface area contributed by atoms with Crippen molar-refractivity contribution in [3.8, 4) is 11.5 Å². The average Bonchev–Trinajstić information content (AvgIpc) is 3.09. The second kappa shape index (κ2) is 16.0. The van der Waals surface area contributed by atoms with Crippen molar-refractivity contribution in [1.29, 1.82) is 0 Å². The Morgan fingerprint density at radius 1 is 1.04 bits per heavy atom. The summed E-state index contributed by atoms with van der Waals surface area (Å²) in [6, 6.07) is 21.0. The van der Waals surface area contributed by atoms with E-state index < -0.39 is 34.0 Å². The molecule has 0 atom stereocenters. The number of nitrogens with zero attached hydrogens (tertiary/aromatic N) is 3. The highest BCUT2D eigenvalue weighted by atomic mass is 32.2. The summed E-state index contributed by atoms with van der Waals surface area (Å²) < 4.78 is 10.5. The molecule has 0 spiro atoms. The Bertz CT molecular complexity index is 1760. The standard InChI is InChI=1S/C35H32N4O7S/c1-5-7-18-26(6-2)38-34(42)27(19-25-20-29(45-3)30(46-4)21-28(25)39(43)44)33(41)37-35(38)47-22-31(40)36-32(23-14-10-8-11-15-23)24-16-12-9-13-17-24/h5-21,32H,1,22H2,2-4H3,(H,36,40)/b18-7-,26-6+,27-19+. The van der Waals surface area contributed by atoms with E-state index >= 15 is 0 Å². The number of carbonyl (C=O) groups is 3. The van der Waals surface area contributed by atoms with Crippen LogP contribution in [0.5, 0.6) is 11.5 Å². The zero-order valence-electron chi connectivity index (χ0n) is 25.9. The quantitative estimate of drug-likeness (QED) is 0.0826. The van der Waals surface area contributed by atoms with Gasteiger partial charge in [-0.1, -0.05) is 97.2 Å². The van der Waals surface area contributed by atoms with Crippen LogP contribution >= 0.6 is 11.8 Å². The van der Waals surface area contributed by atoms with Crippen LogP contribution in [-0.2, 0) is 14.4 Å². The predicted molar refractivity (Wildman–Crippen MR) is 182 cm³/mol. The predicted octanol–water partition coefficient (Wildman–Crippen LogP) is 6.01. The van der Waals surface area contributed by atoms with Crippen LogP contribution in [0, 0.1) is 10.1 Å². The number of allylic oxidation sites excluding steroid dienone is 4. The zero-order valence-corrected chi connectivity index (χ0v) is 26.7. The van der Waals surface area contributed by atoms with Crippen molar-refractivity contribution in [2.75, 3.05) is 20.0 Å². The van der Waals surface area contributed by atoms with Crippen molar-refractivity contribution in [3.05, 3.63) is 142 Å². The van der Waals surface area contributed by atoms with Gasteiger partial charge in [-0.05, 0) is 36.3 Å². The Hall–Kier alpha value is -5.75. The van der Waals surface area contributed by atoms with Crippen LogP contribution in [0.2, 0.25) is 0 Å².